The third kappa shape index (κ3) is 5.33. The van der Waals surface area contributed by atoms with Gasteiger partial charge in [-0.3, -0.25) is 0 Å². The van der Waals surface area contributed by atoms with E-state index in [2.05, 4.69) is 18.4 Å². The van der Waals surface area contributed by atoms with Crippen molar-refractivity contribution in [2.24, 2.45) is 0 Å². The van der Waals surface area contributed by atoms with E-state index in [1.165, 1.54) is 0 Å². The Morgan fingerprint density at radius 3 is 2.60 bits per heavy atom. The van der Waals surface area contributed by atoms with Crippen LogP contribution in [0.25, 0.3) is 0 Å². The van der Waals surface area contributed by atoms with Gasteiger partial charge in [0.2, 0.25) is 0 Å². The summed E-state index contributed by atoms with van der Waals surface area (Å²) >= 11 is 0. The lowest BCUT2D eigenvalue weighted by atomic mass is 10.2. The summed E-state index contributed by atoms with van der Waals surface area (Å²) in [5.74, 6) is 6.17. The molecule has 0 saturated carbocycles. The lowest BCUT2D eigenvalue weighted by Crippen LogP contribution is -1.69. The van der Waals surface area contributed by atoms with Crippen molar-refractivity contribution in [1.82, 2.24) is 0 Å². The molecule has 0 fully saturated rings. The summed E-state index contributed by atoms with van der Waals surface area (Å²) in [6.45, 7) is 3.59. The van der Waals surface area contributed by atoms with Crippen LogP contribution in [-0.4, -0.2) is 0 Å². The standard InChI is InChI=1S/C15H14/c1-2-3-4-5-6-7-9-12-15-13-10-8-11-14-15/h2-6,8,10-11,13-14H,1,7H2/b4-3-,6-5-. The van der Waals surface area contributed by atoms with Crippen LogP contribution < -0.4 is 0 Å². The van der Waals surface area contributed by atoms with E-state index < -0.39 is 0 Å². The normalized spacial score (nSPS) is 10.1. The Labute approximate surface area is 91.6 Å². The van der Waals surface area contributed by atoms with Crippen molar-refractivity contribution < 1.29 is 0 Å². The monoisotopic (exact) mass is 194 g/mol. The van der Waals surface area contributed by atoms with E-state index in [-0.39, 0.29) is 0 Å². The molecule has 0 spiro atoms. The van der Waals surface area contributed by atoms with Gasteiger partial charge in [0.05, 0.1) is 0 Å². The molecule has 0 amide bonds. The van der Waals surface area contributed by atoms with E-state index in [0.717, 1.165) is 12.0 Å². The highest BCUT2D eigenvalue weighted by molar-refractivity contribution is 5.34. The molecule has 0 unspecified atom stereocenters. The second-order valence-corrected chi connectivity index (χ2v) is 2.92. The zero-order valence-corrected chi connectivity index (χ0v) is 8.69. The first-order valence-electron chi connectivity index (χ1n) is 4.91. The number of rotatable bonds is 3. The number of benzene rings is 1. The summed E-state index contributed by atoms with van der Waals surface area (Å²) < 4.78 is 0. The molecule has 0 aliphatic heterocycles. The van der Waals surface area contributed by atoms with Gasteiger partial charge in [0, 0.05) is 12.0 Å². The molecule has 15 heavy (non-hydrogen) atoms. The van der Waals surface area contributed by atoms with E-state index in [1.54, 1.807) is 6.08 Å². The number of hydrogen-bond acceptors (Lipinski definition) is 0. The SMILES string of the molecule is C=C/C=C\C=C/CC#Cc1ccccc1. The maximum atomic E-state index is 3.59. The third-order valence-corrected chi connectivity index (χ3v) is 1.72. The Hall–Kier alpha value is -2.00. The molecule has 0 bridgehead atoms. The van der Waals surface area contributed by atoms with E-state index in [1.807, 2.05) is 54.6 Å². The van der Waals surface area contributed by atoms with Gasteiger partial charge < -0.3 is 0 Å². The molecule has 0 aliphatic rings. The second-order valence-electron chi connectivity index (χ2n) is 2.92. The minimum Gasteiger partial charge on any atom is -0.0991 e. The molecule has 0 saturated heterocycles. The molecule has 0 heterocycles. The van der Waals surface area contributed by atoms with Gasteiger partial charge in [0.25, 0.3) is 0 Å². The third-order valence-electron chi connectivity index (χ3n) is 1.72. The molecule has 74 valence electrons. The van der Waals surface area contributed by atoms with Crippen LogP contribution in [0.4, 0.5) is 0 Å². The van der Waals surface area contributed by atoms with E-state index in [4.69, 9.17) is 0 Å². The Morgan fingerprint density at radius 1 is 1.07 bits per heavy atom. The molecule has 0 nitrogen and oxygen atoms in total. The average Bonchev–Trinajstić information content (AvgIpc) is 2.29. The molecule has 0 aliphatic carbocycles. The Bertz CT molecular complexity index is 397. The van der Waals surface area contributed by atoms with Crippen molar-refractivity contribution in [3.8, 4) is 11.8 Å². The van der Waals surface area contributed by atoms with Crippen molar-refractivity contribution in [2.75, 3.05) is 0 Å². The van der Waals surface area contributed by atoms with E-state index in [0.29, 0.717) is 0 Å². The fourth-order valence-electron chi connectivity index (χ4n) is 1.02. The van der Waals surface area contributed by atoms with E-state index in [9.17, 15) is 0 Å². The van der Waals surface area contributed by atoms with Crippen molar-refractivity contribution in [2.45, 2.75) is 6.42 Å². The average molecular weight is 194 g/mol. The van der Waals surface area contributed by atoms with Crippen LogP contribution in [0.1, 0.15) is 12.0 Å². The Balaban J connectivity index is 2.38. The molecule has 1 aromatic rings. The lowest BCUT2D eigenvalue weighted by Gasteiger charge is -1.85. The van der Waals surface area contributed by atoms with Crippen LogP contribution in [0.15, 0.2) is 67.3 Å². The van der Waals surface area contributed by atoms with E-state index >= 15 is 0 Å². The summed E-state index contributed by atoms with van der Waals surface area (Å²) in [5.41, 5.74) is 1.06. The smallest absolute Gasteiger partial charge is 0.0276 e. The predicted octanol–water partition coefficient (Wildman–Crippen LogP) is 3.73. The summed E-state index contributed by atoms with van der Waals surface area (Å²) in [5, 5.41) is 0. The Morgan fingerprint density at radius 2 is 1.87 bits per heavy atom. The summed E-state index contributed by atoms with van der Waals surface area (Å²) in [6.07, 6.45) is 10.4. The maximum absolute atomic E-state index is 3.59. The molecule has 1 rings (SSSR count). The first-order valence-corrected chi connectivity index (χ1v) is 4.91. The van der Waals surface area contributed by atoms with Gasteiger partial charge >= 0.3 is 0 Å². The number of hydrogen-bond donors (Lipinski definition) is 0. The van der Waals surface area contributed by atoms with Crippen LogP contribution in [0.3, 0.4) is 0 Å². The maximum Gasteiger partial charge on any atom is 0.0276 e. The van der Waals surface area contributed by atoms with Crippen molar-refractivity contribution in [3.05, 3.63) is 72.9 Å². The van der Waals surface area contributed by atoms with Gasteiger partial charge in [0.1, 0.15) is 0 Å². The quantitative estimate of drug-likeness (QED) is 0.508. The minimum absolute atomic E-state index is 0.774. The minimum atomic E-state index is 0.774. The van der Waals surface area contributed by atoms with Crippen molar-refractivity contribution in [1.29, 1.82) is 0 Å². The highest BCUT2D eigenvalue weighted by Crippen LogP contribution is 1.95. The number of allylic oxidation sites excluding steroid dienone is 5. The Kier molecular flexibility index (Phi) is 5.47. The van der Waals surface area contributed by atoms with Crippen LogP contribution in [-0.2, 0) is 0 Å². The lowest BCUT2D eigenvalue weighted by molar-refractivity contribution is 1.46. The van der Waals surface area contributed by atoms with Gasteiger partial charge in [-0.05, 0) is 12.1 Å². The van der Waals surface area contributed by atoms with Gasteiger partial charge in [-0.2, -0.15) is 0 Å². The van der Waals surface area contributed by atoms with Crippen LogP contribution in [0, 0.1) is 11.8 Å². The van der Waals surface area contributed by atoms with Crippen LogP contribution in [0.2, 0.25) is 0 Å². The highest BCUT2D eigenvalue weighted by atomic mass is 13.8. The van der Waals surface area contributed by atoms with Gasteiger partial charge in [-0.25, -0.2) is 0 Å². The molecule has 1 aromatic carbocycles. The molecule has 0 atom stereocenters. The fraction of sp³-hybridized carbons (Fsp3) is 0.0667. The molecule has 0 heteroatoms. The molecular weight excluding hydrogens is 180 g/mol. The zero-order chi connectivity index (χ0) is 10.8. The first kappa shape index (κ1) is 11.1. The largest absolute Gasteiger partial charge is 0.0991 e. The summed E-state index contributed by atoms with van der Waals surface area (Å²) in [7, 11) is 0. The molecule has 0 aromatic heterocycles. The van der Waals surface area contributed by atoms with Crippen molar-refractivity contribution in [3.63, 3.8) is 0 Å². The summed E-state index contributed by atoms with van der Waals surface area (Å²) in [6, 6.07) is 9.99. The van der Waals surface area contributed by atoms with Gasteiger partial charge in [-0.1, -0.05) is 67.0 Å². The zero-order valence-electron chi connectivity index (χ0n) is 8.69. The first-order chi connectivity index (χ1) is 7.43. The second kappa shape index (κ2) is 7.41. The fourth-order valence-corrected chi connectivity index (χ4v) is 1.02. The predicted molar refractivity (Wildman–Crippen MR) is 66.4 cm³/mol. The highest BCUT2D eigenvalue weighted by Gasteiger charge is 1.79. The topological polar surface area (TPSA) is 0 Å². The van der Waals surface area contributed by atoms with Crippen molar-refractivity contribution >= 4 is 0 Å². The molecule has 0 radical (unpaired) electrons. The van der Waals surface area contributed by atoms with Crippen LogP contribution in [0.5, 0.6) is 0 Å². The summed E-state index contributed by atoms with van der Waals surface area (Å²) in [4.78, 5) is 0. The molecule has 0 N–H and O–H groups in total. The molecular formula is C15H14. The van der Waals surface area contributed by atoms with Gasteiger partial charge in [0.15, 0.2) is 0 Å². The van der Waals surface area contributed by atoms with Crippen LogP contribution >= 0.6 is 0 Å². The van der Waals surface area contributed by atoms with Gasteiger partial charge in [-0.15, -0.1) is 0 Å².